The van der Waals surface area contributed by atoms with Gasteiger partial charge in [-0.25, -0.2) is 0 Å². The molecule has 0 bridgehead atoms. The van der Waals surface area contributed by atoms with Crippen molar-refractivity contribution in [2.75, 3.05) is 27.1 Å². The van der Waals surface area contributed by atoms with Gasteiger partial charge in [0.25, 0.3) is 0 Å². The molecule has 0 atom stereocenters. The average Bonchev–Trinajstić information content (AvgIpc) is 2.71. The van der Waals surface area contributed by atoms with Gasteiger partial charge in [0.1, 0.15) is 0 Å². The highest BCUT2D eigenvalue weighted by atomic mass is 16.7. The average molecular weight is 401 g/mol. The van der Waals surface area contributed by atoms with Crippen molar-refractivity contribution in [2.24, 2.45) is 0 Å². The molecule has 0 aliphatic heterocycles. The highest BCUT2D eigenvalue weighted by molar-refractivity contribution is 4.73. The molecule has 168 valence electrons. The molecule has 0 aromatic rings. The third-order valence-corrected chi connectivity index (χ3v) is 4.79. The van der Waals surface area contributed by atoms with Crippen LogP contribution in [0, 0.1) is 0 Å². The van der Waals surface area contributed by atoms with Crippen LogP contribution < -0.4 is 0 Å². The first-order valence-electron chi connectivity index (χ1n) is 11.8. The molecule has 0 N–H and O–H groups in total. The van der Waals surface area contributed by atoms with Crippen LogP contribution in [0.5, 0.6) is 0 Å². The fourth-order valence-corrected chi connectivity index (χ4v) is 3.05. The molecule has 0 spiro atoms. The van der Waals surface area contributed by atoms with Crippen LogP contribution in [0.4, 0.5) is 0 Å². The Morgan fingerprint density at radius 1 is 0.679 bits per heavy atom. The van der Waals surface area contributed by atoms with E-state index in [1.165, 1.54) is 64.2 Å². The first-order chi connectivity index (χ1) is 13.8. The van der Waals surface area contributed by atoms with Gasteiger partial charge in [-0.1, -0.05) is 78.1 Å². The molecule has 4 heteroatoms. The van der Waals surface area contributed by atoms with Crippen LogP contribution in [0.15, 0.2) is 12.3 Å². The molecule has 0 aliphatic rings. The van der Waals surface area contributed by atoms with Gasteiger partial charge in [-0.3, -0.25) is 0 Å². The Kier molecular flexibility index (Phi) is 24.0. The van der Waals surface area contributed by atoms with E-state index in [2.05, 4.69) is 13.8 Å². The van der Waals surface area contributed by atoms with Gasteiger partial charge in [-0.2, -0.15) is 0 Å². The molecule has 0 aromatic heterocycles. The molecule has 0 unspecified atom stereocenters. The molecule has 0 rings (SSSR count). The zero-order valence-electron chi connectivity index (χ0n) is 19.1. The molecule has 0 amide bonds. The number of ether oxygens (including phenoxy) is 4. The van der Waals surface area contributed by atoms with Crippen LogP contribution in [0.25, 0.3) is 0 Å². The summed E-state index contributed by atoms with van der Waals surface area (Å²) in [6, 6.07) is 0. The van der Waals surface area contributed by atoms with Crippen LogP contribution >= 0.6 is 0 Å². The predicted octanol–water partition coefficient (Wildman–Crippen LogP) is 7.37. The molecule has 0 aromatic carbocycles. The summed E-state index contributed by atoms with van der Waals surface area (Å²) in [6.07, 6.45) is 22.2. The maximum Gasteiger partial charge on any atom is 0.187 e. The largest absolute Gasteiger partial charge is 0.476 e. The molecule has 0 saturated heterocycles. The van der Waals surface area contributed by atoms with Gasteiger partial charge >= 0.3 is 0 Å². The molecule has 4 nitrogen and oxygen atoms in total. The maximum atomic E-state index is 6.04. The number of allylic oxidation sites excluding steroid dienone is 1. The third kappa shape index (κ3) is 21.7. The Hall–Kier alpha value is -0.580. The second-order valence-electron chi connectivity index (χ2n) is 7.58. The summed E-state index contributed by atoms with van der Waals surface area (Å²) in [7, 11) is 1.63. The Morgan fingerprint density at radius 3 is 1.75 bits per heavy atom. The lowest BCUT2D eigenvalue weighted by atomic mass is 10.1. The fourth-order valence-electron chi connectivity index (χ4n) is 3.05. The summed E-state index contributed by atoms with van der Waals surface area (Å²) in [5.74, 6) is 0. The van der Waals surface area contributed by atoms with Gasteiger partial charge in [0.05, 0.1) is 6.26 Å². The highest BCUT2D eigenvalue weighted by Crippen LogP contribution is 2.12. The van der Waals surface area contributed by atoms with Gasteiger partial charge in [-0.15, -0.1) is 0 Å². The van der Waals surface area contributed by atoms with Crippen molar-refractivity contribution in [2.45, 2.75) is 116 Å². The number of methoxy groups -OCH3 is 1. The molecule has 0 aliphatic carbocycles. The van der Waals surface area contributed by atoms with Gasteiger partial charge in [0.2, 0.25) is 0 Å². The minimum absolute atomic E-state index is 0.0559. The van der Waals surface area contributed by atoms with Crippen LogP contribution in [0.3, 0.4) is 0 Å². The van der Waals surface area contributed by atoms with E-state index in [-0.39, 0.29) is 6.29 Å². The van der Waals surface area contributed by atoms with Crippen molar-refractivity contribution in [3.63, 3.8) is 0 Å². The normalized spacial score (nSPS) is 11.7. The van der Waals surface area contributed by atoms with E-state index >= 15 is 0 Å². The predicted molar refractivity (Wildman–Crippen MR) is 118 cm³/mol. The van der Waals surface area contributed by atoms with E-state index in [9.17, 15) is 0 Å². The van der Waals surface area contributed by atoms with E-state index in [1.807, 2.05) is 6.08 Å². The standard InChI is InChI=1S/C24H48O4/c1-4-6-8-10-12-17-21-27-24(19-15-14-16-20-26-23-25-3)28-22-18-13-11-9-7-5-2/h16,20,24H,4-15,17-19,21-23H2,1-3H3. The number of hydrogen-bond acceptors (Lipinski definition) is 4. The van der Waals surface area contributed by atoms with Crippen molar-refractivity contribution in [3.05, 3.63) is 12.3 Å². The molecular weight excluding hydrogens is 352 g/mol. The van der Waals surface area contributed by atoms with E-state index < -0.39 is 0 Å². The van der Waals surface area contributed by atoms with Gasteiger partial charge < -0.3 is 18.9 Å². The second kappa shape index (κ2) is 24.5. The minimum atomic E-state index is -0.0559. The van der Waals surface area contributed by atoms with E-state index in [0.29, 0.717) is 6.79 Å². The zero-order valence-corrected chi connectivity index (χ0v) is 19.1. The Labute approximate surface area is 175 Å². The third-order valence-electron chi connectivity index (χ3n) is 4.79. The molecular formula is C24H48O4. The summed E-state index contributed by atoms with van der Waals surface area (Å²) in [5, 5.41) is 0. The number of hydrogen-bond donors (Lipinski definition) is 0. The highest BCUT2D eigenvalue weighted by Gasteiger charge is 2.09. The first kappa shape index (κ1) is 27.4. The van der Waals surface area contributed by atoms with E-state index in [1.54, 1.807) is 13.4 Å². The summed E-state index contributed by atoms with van der Waals surface area (Å²) < 4.78 is 22.1. The van der Waals surface area contributed by atoms with Crippen molar-refractivity contribution in [1.82, 2.24) is 0 Å². The monoisotopic (exact) mass is 400 g/mol. The van der Waals surface area contributed by atoms with Crippen molar-refractivity contribution in [3.8, 4) is 0 Å². The quantitative estimate of drug-likeness (QED) is 0.102. The lowest BCUT2D eigenvalue weighted by molar-refractivity contribution is -0.147. The molecule has 28 heavy (non-hydrogen) atoms. The molecule has 0 saturated carbocycles. The smallest absolute Gasteiger partial charge is 0.187 e. The van der Waals surface area contributed by atoms with Gasteiger partial charge in [0.15, 0.2) is 13.1 Å². The van der Waals surface area contributed by atoms with E-state index in [4.69, 9.17) is 18.9 Å². The topological polar surface area (TPSA) is 36.9 Å². The lowest BCUT2D eigenvalue weighted by Crippen LogP contribution is -2.19. The molecule has 0 heterocycles. The Bertz CT molecular complexity index is 289. The first-order valence-corrected chi connectivity index (χ1v) is 11.8. The Morgan fingerprint density at radius 2 is 1.21 bits per heavy atom. The van der Waals surface area contributed by atoms with Gasteiger partial charge in [-0.05, 0) is 38.2 Å². The van der Waals surface area contributed by atoms with Crippen LogP contribution in [-0.4, -0.2) is 33.4 Å². The molecule has 0 fully saturated rings. The summed E-state index contributed by atoms with van der Waals surface area (Å²) >= 11 is 0. The second-order valence-corrected chi connectivity index (χ2v) is 7.58. The minimum Gasteiger partial charge on any atom is -0.476 e. The SMILES string of the molecule is CCCCCCCCOC(CCCC=COCOC)OCCCCCCCC. The van der Waals surface area contributed by atoms with Crippen LogP contribution in [0.2, 0.25) is 0 Å². The fraction of sp³-hybridized carbons (Fsp3) is 0.917. The van der Waals surface area contributed by atoms with Crippen molar-refractivity contribution >= 4 is 0 Å². The van der Waals surface area contributed by atoms with Crippen molar-refractivity contribution < 1.29 is 18.9 Å². The Balaban J connectivity index is 3.87. The van der Waals surface area contributed by atoms with Crippen molar-refractivity contribution in [1.29, 1.82) is 0 Å². The number of unbranched alkanes of at least 4 members (excludes halogenated alkanes) is 11. The van der Waals surface area contributed by atoms with Gasteiger partial charge in [0, 0.05) is 20.3 Å². The maximum absolute atomic E-state index is 6.04. The summed E-state index contributed by atoms with van der Waals surface area (Å²) in [5.41, 5.74) is 0. The summed E-state index contributed by atoms with van der Waals surface area (Å²) in [6.45, 7) is 6.46. The van der Waals surface area contributed by atoms with E-state index in [0.717, 1.165) is 45.3 Å². The van der Waals surface area contributed by atoms with Crippen LogP contribution in [0.1, 0.15) is 110 Å². The van der Waals surface area contributed by atoms with Crippen LogP contribution in [-0.2, 0) is 18.9 Å². The summed E-state index contributed by atoms with van der Waals surface area (Å²) in [4.78, 5) is 0. The molecule has 0 radical (unpaired) electrons. The lowest BCUT2D eigenvalue weighted by Gasteiger charge is -2.18. The zero-order chi connectivity index (χ0) is 20.5. The number of rotatable bonds is 23.